The van der Waals surface area contributed by atoms with E-state index in [1.165, 1.54) is 12.4 Å². The number of nitrogens with zero attached hydrogens (tertiary/aromatic N) is 3. The first-order valence-corrected chi connectivity index (χ1v) is 5.64. The van der Waals surface area contributed by atoms with Crippen LogP contribution in [0.15, 0.2) is 24.5 Å². The Morgan fingerprint density at radius 2 is 2.15 bits per heavy atom. The molecule has 20 heavy (non-hydrogen) atoms. The zero-order chi connectivity index (χ0) is 14.7. The van der Waals surface area contributed by atoms with Gasteiger partial charge >= 0.3 is 5.69 Å². The summed E-state index contributed by atoms with van der Waals surface area (Å²) in [5.41, 5.74) is 0.0570. The number of hydrogen-bond donors (Lipinski definition) is 1. The molecule has 8 heteroatoms. The third-order valence-corrected chi connectivity index (χ3v) is 2.62. The van der Waals surface area contributed by atoms with Crippen LogP contribution in [-0.4, -0.2) is 21.9 Å². The summed E-state index contributed by atoms with van der Waals surface area (Å²) in [5.74, 6) is -0.754. The van der Waals surface area contributed by atoms with Crippen molar-refractivity contribution in [2.24, 2.45) is 0 Å². The topological polar surface area (TPSA) is 90.2 Å². The molecule has 0 fully saturated rings. The van der Waals surface area contributed by atoms with Gasteiger partial charge in [-0.05, 0) is 13.0 Å². The molecule has 0 unspecified atom stereocenters. The SMILES string of the molecule is CNc1ncnc(Oc2c(F)cccc2[N+](=O)[O-])c1C. The first-order chi connectivity index (χ1) is 9.54. The van der Waals surface area contributed by atoms with Gasteiger partial charge in [-0.2, -0.15) is 0 Å². The summed E-state index contributed by atoms with van der Waals surface area (Å²) in [4.78, 5) is 18.0. The van der Waals surface area contributed by atoms with Crippen LogP contribution in [-0.2, 0) is 0 Å². The minimum absolute atomic E-state index is 0.0533. The molecule has 1 aromatic carbocycles. The number of hydrogen-bond acceptors (Lipinski definition) is 6. The van der Waals surface area contributed by atoms with Crippen molar-refractivity contribution in [1.29, 1.82) is 0 Å². The molecular weight excluding hydrogens is 267 g/mol. The Kier molecular flexibility index (Phi) is 3.74. The van der Waals surface area contributed by atoms with E-state index in [0.717, 1.165) is 12.1 Å². The van der Waals surface area contributed by atoms with Gasteiger partial charge in [0.05, 0.1) is 10.5 Å². The summed E-state index contributed by atoms with van der Waals surface area (Å²) >= 11 is 0. The third-order valence-electron chi connectivity index (χ3n) is 2.62. The quantitative estimate of drug-likeness (QED) is 0.683. The molecule has 1 heterocycles. The molecule has 0 bridgehead atoms. The molecule has 0 amide bonds. The van der Waals surface area contributed by atoms with Crippen LogP contribution in [0.4, 0.5) is 15.9 Å². The average molecular weight is 278 g/mol. The number of halogens is 1. The zero-order valence-corrected chi connectivity index (χ0v) is 10.8. The fourth-order valence-electron chi connectivity index (χ4n) is 1.63. The van der Waals surface area contributed by atoms with Crippen LogP contribution >= 0.6 is 0 Å². The van der Waals surface area contributed by atoms with E-state index in [1.54, 1.807) is 14.0 Å². The Morgan fingerprint density at radius 3 is 2.80 bits per heavy atom. The summed E-state index contributed by atoms with van der Waals surface area (Å²) in [6, 6.07) is 3.48. The standard InChI is InChI=1S/C12H11FN4O3/c1-7-11(14-2)15-6-16-12(7)20-10-8(13)4-3-5-9(10)17(18)19/h3-6H,1-2H3,(H,14,15,16). The molecule has 104 valence electrons. The third kappa shape index (κ3) is 2.48. The molecular formula is C12H11FN4O3. The molecule has 0 aliphatic carbocycles. The fourth-order valence-corrected chi connectivity index (χ4v) is 1.63. The van der Waals surface area contributed by atoms with Gasteiger partial charge in [-0.3, -0.25) is 10.1 Å². The van der Waals surface area contributed by atoms with Crippen molar-refractivity contribution in [2.75, 3.05) is 12.4 Å². The largest absolute Gasteiger partial charge is 0.428 e. The highest BCUT2D eigenvalue weighted by Gasteiger charge is 2.21. The van der Waals surface area contributed by atoms with Crippen molar-refractivity contribution < 1.29 is 14.1 Å². The molecule has 7 nitrogen and oxygen atoms in total. The van der Waals surface area contributed by atoms with Crippen molar-refractivity contribution >= 4 is 11.5 Å². The average Bonchev–Trinajstić information content (AvgIpc) is 2.42. The number of nitro groups is 1. The number of aromatic nitrogens is 2. The predicted octanol–water partition coefficient (Wildman–Crippen LogP) is 2.67. The lowest BCUT2D eigenvalue weighted by atomic mass is 10.3. The highest BCUT2D eigenvalue weighted by atomic mass is 19.1. The lowest BCUT2D eigenvalue weighted by molar-refractivity contribution is -0.385. The Labute approximate surface area is 113 Å². The number of nitro benzene ring substituents is 1. The fraction of sp³-hybridized carbons (Fsp3) is 0.167. The van der Waals surface area contributed by atoms with Crippen LogP contribution in [0.25, 0.3) is 0 Å². The Balaban J connectivity index is 2.48. The summed E-state index contributed by atoms with van der Waals surface area (Å²) in [7, 11) is 1.66. The van der Waals surface area contributed by atoms with Crippen molar-refractivity contribution in [1.82, 2.24) is 9.97 Å². The minimum atomic E-state index is -0.830. The van der Waals surface area contributed by atoms with Crippen molar-refractivity contribution in [2.45, 2.75) is 6.92 Å². The zero-order valence-electron chi connectivity index (χ0n) is 10.8. The summed E-state index contributed by atoms with van der Waals surface area (Å²) in [6.45, 7) is 1.66. The molecule has 1 aromatic heterocycles. The van der Waals surface area contributed by atoms with E-state index in [0.29, 0.717) is 11.4 Å². The minimum Gasteiger partial charge on any atom is -0.428 e. The Hall–Kier alpha value is -2.77. The van der Waals surface area contributed by atoms with E-state index in [-0.39, 0.29) is 5.88 Å². The van der Waals surface area contributed by atoms with Gasteiger partial charge in [-0.15, -0.1) is 0 Å². The van der Waals surface area contributed by atoms with Crippen LogP contribution in [0.3, 0.4) is 0 Å². The second kappa shape index (κ2) is 5.47. The van der Waals surface area contributed by atoms with Gasteiger partial charge in [-0.1, -0.05) is 6.07 Å². The van der Waals surface area contributed by atoms with Crippen LogP contribution in [0, 0.1) is 22.9 Å². The number of benzene rings is 1. The van der Waals surface area contributed by atoms with Gasteiger partial charge < -0.3 is 10.1 Å². The highest BCUT2D eigenvalue weighted by Crippen LogP contribution is 2.34. The molecule has 2 aromatic rings. The lowest BCUT2D eigenvalue weighted by Crippen LogP contribution is -2.02. The van der Waals surface area contributed by atoms with Gasteiger partial charge in [0.15, 0.2) is 5.82 Å². The van der Waals surface area contributed by atoms with Gasteiger partial charge in [0.1, 0.15) is 12.1 Å². The normalized spacial score (nSPS) is 10.2. The maximum Gasteiger partial charge on any atom is 0.314 e. The lowest BCUT2D eigenvalue weighted by Gasteiger charge is -2.10. The summed E-state index contributed by atoms with van der Waals surface area (Å²) < 4.78 is 19.0. The Morgan fingerprint density at radius 1 is 1.40 bits per heavy atom. The van der Waals surface area contributed by atoms with Crippen LogP contribution in [0.5, 0.6) is 11.6 Å². The van der Waals surface area contributed by atoms with E-state index >= 15 is 0 Å². The molecule has 0 saturated heterocycles. The first-order valence-electron chi connectivity index (χ1n) is 5.64. The van der Waals surface area contributed by atoms with Crippen molar-refractivity contribution in [3.05, 3.63) is 46.0 Å². The van der Waals surface area contributed by atoms with E-state index < -0.39 is 22.2 Å². The van der Waals surface area contributed by atoms with Gasteiger partial charge in [-0.25, -0.2) is 14.4 Å². The van der Waals surface area contributed by atoms with E-state index in [4.69, 9.17) is 4.74 Å². The van der Waals surface area contributed by atoms with Gasteiger partial charge in [0.2, 0.25) is 11.6 Å². The monoisotopic (exact) mass is 278 g/mol. The molecule has 0 spiro atoms. The van der Waals surface area contributed by atoms with E-state index in [2.05, 4.69) is 15.3 Å². The van der Waals surface area contributed by atoms with Crippen molar-refractivity contribution in [3.8, 4) is 11.6 Å². The Bertz CT molecular complexity index is 663. The number of para-hydroxylation sites is 1. The van der Waals surface area contributed by atoms with Gasteiger partial charge in [0.25, 0.3) is 0 Å². The molecule has 1 N–H and O–H groups in total. The highest BCUT2D eigenvalue weighted by molar-refractivity contribution is 5.52. The van der Waals surface area contributed by atoms with Gasteiger partial charge in [0, 0.05) is 13.1 Å². The predicted molar refractivity (Wildman–Crippen MR) is 69.4 cm³/mol. The van der Waals surface area contributed by atoms with Crippen LogP contribution < -0.4 is 10.1 Å². The first kappa shape index (κ1) is 13.7. The summed E-state index contributed by atoms with van der Waals surface area (Å²) in [6.07, 6.45) is 1.22. The molecule has 0 aliphatic heterocycles. The van der Waals surface area contributed by atoms with E-state index in [9.17, 15) is 14.5 Å². The number of ether oxygens (including phenoxy) is 1. The molecule has 0 saturated carbocycles. The number of nitrogens with one attached hydrogen (secondary N) is 1. The second-order valence-corrected chi connectivity index (χ2v) is 3.85. The van der Waals surface area contributed by atoms with Crippen LogP contribution in [0.1, 0.15) is 5.56 Å². The number of anilines is 1. The second-order valence-electron chi connectivity index (χ2n) is 3.85. The molecule has 2 rings (SSSR count). The maximum atomic E-state index is 13.7. The molecule has 0 atom stereocenters. The smallest absolute Gasteiger partial charge is 0.314 e. The number of rotatable bonds is 4. The maximum absolute atomic E-state index is 13.7. The molecule has 0 radical (unpaired) electrons. The van der Waals surface area contributed by atoms with Crippen molar-refractivity contribution in [3.63, 3.8) is 0 Å². The molecule has 0 aliphatic rings. The van der Waals surface area contributed by atoms with Crippen LogP contribution in [0.2, 0.25) is 0 Å². The summed E-state index contributed by atoms with van der Waals surface area (Å²) in [5, 5.41) is 13.7. The van der Waals surface area contributed by atoms with E-state index in [1.807, 2.05) is 0 Å².